The van der Waals surface area contributed by atoms with Gasteiger partial charge in [-0.25, -0.2) is 8.42 Å². The molecule has 0 aromatic heterocycles. The number of carbonyl (C=O) groups excluding carboxylic acids is 1. The summed E-state index contributed by atoms with van der Waals surface area (Å²) < 4.78 is 21.6. The molecule has 0 N–H and O–H groups in total. The summed E-state index contributed by atoms with van der Waals surface area (Å²) in [5.74, 6) is 1.56. The predicted molar refractivity (Wildman–Crippen MR) is 59.4 cm³/mol. The van der Waals surface area contributed by atoms with E-state index < -0.39 is 14.6 Å². The van der Waals surface area contributed by atoms with E-state index in [1.54, 1.807) is 11.8 Å². The van der Waals surface area contributed by atoms with Crippen molar-refractivity contribution in [2.45, 2.75) is 25.0 Å². The first-order valence-corrected chi connectivity index (χ1v) is 7.63. The molecule has 1 rings (SSSR count). The van der Waals surface area contributed by atoms with Crippen molar-refractivity contribution >= 4 is 27.4 Å². The van der Waals surface area contributed by atoms with Gasteiger partial charge in [-0.2, -0.15) is 11.8 Å². The van der Waals surface area contributed by atoms with E-state index in [0.717, 1.165) is 24.2 Å². The highest BCUT2D eigenvalue weighted by Gasteiger charge is 2.42. The van der Waals surface area contributed by atoms with Crippen molar-refractivity contribution < 1.29 is 13.2 Å². The van der Waals surface area contributed by atoms with Gasteiger partial charge in [0, 0.05) is 17.9 Å². The summed E-state index contributed by atoms with van der Waals surface area (Å²) in [7, 11) is -3.30. The van der Waals surface area contributed by atoms with E-state index in [2.05, 4.69) is 0 Å². The van der Waals surface area contributed by atoms with Crippen LogP contribution in [0.15, 0.2) is 0 Å². The summed E-state index contributed by atoms with van der Waals surface area (Å²) in [6.45, 7) is 3.02. The number of thioether (sulfide) groups is 1. The lowest BCUT2D eigenvalue weighted by Gasteiger charge is -2.23. The maximum atomic E-state index is 11.9. The minimum absolute atomic E-state index is 0.0651. The number of hydrogen-bond donors (Lipinski definition) is 0. The second-order valence-corrected chi connectivity index (χ2v) is 7.92. The quantitative estimate of drug-likeness (QED) is 0.737. The average Bonchev–Trinajstić information content (AvgIpc) is 2.52. The van der Waals surface area contributed by atoms with Crippen LogP contribution in [0.1, 0.15) is 20.3 Å². The number of rotatable bonds is 3. The molecule has 1 fully saturated rings. The van der Waals surface area contributed by atoms with Crippen LogP contribution in [-0.2, 0) is 14.6 Å². The minimum Gasteiger partial charge on any atom is -0.298 e. The van der Waals surface area contributed by atoms with Crippen molar-refractivity contribution in [2.75, 3.05) is 17.8 Å². The van der Waals surface area contributed by atoms with Crippen molar-refractivity contribution in [2.24, 2.45) is 5.92 Å². The maximum absolute atomic E-state index is 11.9. The Labute approximate surface area is 89.6 Å². The first-order valence-electron chi connectivity index (χ1n) is 4.58. The van der Waals surface area contributed by atoms with E-state index in [1.165, 1.54) is 13.8 Å². The van der Waals surface area contributed by atoms with E-state index in [0.29, 0.717) is 0 Å². The van der Waals surface area contributed by atoms with Crippen LogP contribution in [0.25, 0.3) is 0 Å². The fourth-order valence-electron chi connectivity index (χ4n) is 1.42. The van der Waals surface area contributed by atoms with Crippen LogP contribution in [0.3, 0.4) is 0 Å². The average molecular weight is 236 g/mol. The van der Waals surface area contributed by atoms with E-state index in [-0.39, 0.29) is 11.7 Å². The van der Waals surface area contributed by atoms with Gasteiger partial charge in [-0.15, -0.1) is 0 Å². The normalized spacial score (nSPS) is 23.8. The van der Waals surface area contributed by atoms with Gasteiger partial charge in [0.2, 0.25) is 0 Å². The number of sulfone groups is 1. The third-order valence-corrected chi connectivity index (χ3v) is 6.04. The molecule has 0 amide bonds. The van der Waals surface area contributed by atoms with Gasteiger partial charge in [0.25, 0.3) is 0 Å². The summed E-state index contributed by atoms with van der Waals surface area (Å²) in [6, 6.07) is 0. The standard InChI is InChI=1S/C9H16O3S2/c1-9(2,14(3,11)12)8(10)7-4-5-13-6-7/h7H,4-6H2,1-3H3. The van der Waals surface area contributed by atoms with Gasteiger partial charge in [0.1, 0.15) is 4.75 Å². The third-order valence-electron chi connectivity index (χ3n) is 2.82. The number of carbonyl (C=O) groups is 1. The second kappa shape index (κ2) is 3.85. The molecule has 82 valence electrons. The lowest BCUT2D eigenvalue weighted by atomic mass is 9.94. The molecule has 1 heterocycles. The van der Waals surface area contributed by atoms with Gasteiger partial charge in [0.15, 0.2) is 15.6 Å². The smallest absolute Gasteiger partial charge is 0.159 e. The van der Waals surface area contributed by atoms with Crippen LogP contribution >= 0.6 is 11.8 Å². The zero-order chi connectivity index (χ0) is 11.0. The monoisotopic (exact) mass is 236 g/mol. The van der Waals surface area contributed by atoms with Crippen LogP contribution in [0, 0.1) is 5.92 Å². The Kier molecular flexibility index (Phi) is 3.31. The van der Waals surface area contributed by atoms with Crippen LogP contribution in [-0.4, -0.2) is 36.7 Å². The highest BCUT2D eigenvalue weighted by molar-refractivity contribution is 7.99. The molecule has 1 atom stereocenters. The lowest BCUT2D eigenvalue weighted by molar-refractivity contribution is -0.123. The Morgan fingerprint density at radius 2 is 2.00 bits per heavy atom. The molecule has 0 aromatic carbocycles. The van der Waals surface area contributed by atoms with Gasteiger partial charge < -0.3 is 0 Å². The molecule has 5 heteroatoms. The molecule has 1 aliphatic rings. The van der Waals surface area contributed by atoms with Gasteiger partial charge in [-0.05, 0) is 26.0 Å². The molecular weight excluding hydrogens is 220 g/mol. The molecule has 0 saturated carbocycles. The van der Waals surface area contributed by atoms with E-state index in [9.17, 15) is 13.2 Å². The van der Waals surface area contributed by atoms with Crippen molar-refractivity contribution in [3.63, 3.8) is 0 Å². The van der Waals surface area contributed by atoms with Gasteiger partial charge in [-0.1, -0.05) is 0 Å². The highest BCUT2D eigenvalue weighted by Crippen LogP contribution is 2.30. The van der Waals surface area contributed by atoms with Crippen LogP contribution in [0.2, 0.25) is 0 Å². The summed E-state index contributed by atoms with van der Waals surface area (Å²) in [5.41, 5.74) is 0. The molecule has 0 aliphatic carbocycles. The zero-order valence-electron chi connectivity index (χ0n) is 8.74. The highest BCUT2D eigenvalue weighted by atomic mass is 32.2. The number of ketones is 1. The molecule has 1 unspecified atom stereocenters. The van der Waals surface area contributed by atoms with Crippen molar-refractivity contribution in [3.05, 3.63) is 0 Å². The first-order chi connectivity index (χ1) is 6.27. The summed E-state index contributed by atoms with van der Waals surface area (Å²) >= 11 is 1.72. The molecule has 0 spiro atoms. The van der Waals surface area contributed by atoms with Crippen LogP contribution < -0.4 is 0 Å². The molecule has 1 aliphatic heterocycles. The van der Waals surface area contributed by atoms with Crippen molar-refractivity contribution in [3.8, 4) is 0 Å². The maximum Gasteiger partial charge on any atom is 0.159 e. The van der Waals surface area contributed by atoms with E-state index in [1.807, 2.05) is 0 Å². The Balaban J connectivity index is 2.87. The zero-order valence-corrected chi connectivity index (χ0v) is 10.4. The molecule has 14 heavy (non-hydrogen) atoms. The molecule has 0 bridgehead atoms. The summed E-state index contributed by atoms with van der Waals surface area (Å²) in [6.07, 6.45) is 1.95. The Morgan fingerprint density at radius 1 is 1.43 bits per heavy atom. The second-order valence-electron chi connectivity index (χ2n) is 4.21. The minimum atomic E-state index is -3.30. The Hall–Kier alpha value is -0.0300. The number of hydrogen-bond acceptors (Lipinski definition) is 4. The van der Waals surface area contributed by atoms with Crippen LogP contribution in [0.4, 0.5) is 0 Å². The fraction of sp³-hybridized carbons (Fsp3) is 0.889. The third kappa shape index (κ3) is 2.14. The van der Waals surface area contributed by atoms with Crippen molar-refractivity contribution in [1.82, 2.24) is 0 Å². The topological polar surface area (TPSA) is 51.2 Å². The summed E-state index contributed by atoms with van der Waals surface area (Å²) in [4.78, 5) is 11.9. The van der Waals surface area contributed by atoms with Gasteiger partial charge in [0.05, 0.1) is 0 Å². The molecule has 0 aromatic rings. The van der Waals surface area contributed by atoms with E-state index in [4.69, 9.17) is 0 Å². The first kappa shape index (κ1) is 12.0. The molecular formula is C9H16O3S2. The largest absolute Gasteiger partial charge is 0.298 e. The van der Waals surface area contributed by atoms with Gasteiger partial charge in [-0.3, -0.25) is 4.79 Å². The molecule has 1 saturated heterocycles. The fourth-order valence-corrected chi connectivity index (χ4v) is 3.17. The molecule has 3 nitrogen and oxygen atoms in total. The van der Waals surface area contributed by atoms with E-state index >= 15 is 0 Å². The Morgan fingerprint density at radius 3 is 2.36 bits per heavy atom. The lowest BCUT2D eigenvalue weighted by Crippen LogP contribution is -2.43. The van der Waals surface area contributed by atoms with Gasteiger partial charge >= 0.3 is 0 Å². The molecule has 0 radical (unpaired) electrons. The van der Waals surface area contributed by atoms with Crippen molar-refractivity contribution in [1.29, 1.82) is 0 Å². The predicted octanol–water partition coefficient (Wildman–Crippen LogP) is 1.13. The Bertz CT molecular complexity index is 324. The SMILES string of the molecule is CC(C)(C(=O)C1CCSC1)S(C)(=O)=O. The van der Waals surface area contributed by atoms with Crippen LogP contribution in [0.5, 0.6) is 0 Å². The summed E-state index contributed by atoms with van der Waals surface area (Å²) in [5, 5.41) is 0. The number of Topliss-reactive ketones (excluding diaryl/α,β-unsaturated/α-hetero) is 1.